The highest BCUT2D eigenvalue weighted by molar-refractivity contribution is 5.57. The van der Waals surface area contributed by atoms with Crippen LogP contribution >= 0.6 is 0 Å². The Morgan fingerprint density at radius 3 is 3.07 bits per heavy atom. The molecule has 0 radical (unpaired) electrons. The smallest absolute Gasteiger partial charge is 0.0552 e. The van der Waals surface area contributed by atoms with E-state index in [1.54, 1.807) is 0 Å². The molecule has 0 saturated heterocycles. The van der Waals surface area contributed by atoms with E-state index in [0.717, 1.165) is 12.8 Å². The van der Waals surface area contributed by atoms with Gasteiger partial charge in [0.1, 0.15) is 0 Å². The summed E-state index contributed by atoms with van der Waals surface area (Å²) in [5.74, 6) is 0. The molecule has 2 rings (SSSR count). The Bertz CT molecular complexity index is 333. The summed E-state index contributed by atoms with van der Waals surface area (Å²) in [6.45, 7) is 4.02. The van der Waals surface area contributed by atoms with E-state index in [1.807, 2.05) is 6.92 Å². The second-order valence-corrected chi connectivity index (χ2v) is 4.29. The molecule has 2 N–H and O–H groups in total. The van der Waals surface area contributed by atoms with Crippen molar-refractivity contribution in [1.29, 1.82) is 0 Å². The number of anilines is 1. The first-order valence-corrected chi connectivity index (χ1v) is 5.21. The Hall–Kier alpha value is -1.02. The van der Waals surface area contributed by atoms with Crippen molar-refractivity contribution in [1.82, 2.24) is 0 Å². The minimum absolute atomic E-state index is 0.250. The van der Waals surface area contributed by atoms with Crippen LogP contribution in [-0.4, -0.2) is 17.3 Å². The van der Waals surface area contributed by atoms with E-state index in [2.05, 4.69) is 30.4 Å². The normalized spacial score (nSPS) is 21.5. The molecule has 0 aliphatic carbocycles. The first kappa shape index (κ1) is 9.53. The van der Waals surface area contributed by atoms with Crippen molar-refractivity contribution >= 4 is 5.69 Å². The summed E-state index contributed by atoms with van der Waals surface area (Å²) in [5.41, 5.74) is 3.87. The van der Waals surface area contributed by atoms with Gasteiger partial charge < -0.3 is 10.4 Å². The van der Waals surface area contributed by atoms with Crippen LogP contribution in [0.2, 0.25) is 0 Å². The second-order valence-electron chi connectivity index (χ2n) is 4.29. The zero-order chi connectivity index (χ0) is 10.1. The third-order valence-electron chi connectivity index (χ3n) is 2.63. The molecule has 0 fully saturated rings. The zero-order valence-electron chi connectivity index (χ0n) is 8.75. The van der Waals surface area contributed by atoms with E-state index in [4.69, 9.17) is 0 Å². The quantitative estimate of drug-likeness (QED) is 0.749. The predicted molar refractivity (Wildman–Crippen MR) is 58.6 cm³/mol. The summed E-state index contributed by atoms with van der Waals surface area (Å²) in [4.78, 5) is 0. The molecule has 0 spiro atoms. The number of aliphatic hydroxyl groups excluding tert-OH is 1. The van der Waals surface area contributed by atoms with Crippen LogP contribution < -0.4 is 5.32 Å². The van der Waals surface area contributed by atoms with E-state index in [-0.39, 0.29) is 6.10 Å². The lowest BCUT2D eigenvalue weighted by atomic mass is 10.0. The lowest BCUT2D eigenvalue weighted by Crippen LogP contribution is -2.08. The van der Waals surface area contributed by atoms with E-state index in [9.17, 15) is 5.11 Å². The number of aliphatic hydroxyl groups is 1. The number of rotatable bonds is 2. The van der Waals surface area contributed by atoms with Crippen LogP contribution in [0.5, 0.6) is 0 Å². The van der Waals surface area contributed by atoms with Crippen molar-refractivity contribution in [2.75, 3.05) is 5.32 Å². The van der Waals surface area contributed by atoms with Gasteiger partial charge in [-0.3, -0.25) is 0 Å². The largest absolute Gasteiger partial charge is 0.393 e. The number of hydrogen-bond donors (Lipinski definition) is 2. The summed E-state index contributed by atoms with van der Waals surface area (Å²) >= 11 is 0. The molecule has 2 nitrogen and oxygen atoms in total. The molecule has 14 heavy (non-hydrogen) atoms. The Labute approximate surface area is 85.0 Å². The predicted octanol–water partition coefficient (Wildman–Crippen LogP) is 1.97. The van der Waals surface area contributed by atoms with E-state index in [0.29, 0.717) is 6.04 Å². The minimum atomic E-state index is -0.250. The Kier molecular flexibility index (Phi) is 2.46. The van der Waals surface area contributed by atoms with Crippen molar-refractivity contribution in [2.24, 2.45) is 0 Å². The van der Waals surface area contributed by atoms with Crippen LogP contribution in [-0.2, 0) is 12.8 Å². The molecule has 2 heteroatoms. The summed E-state index contributed by atoms with van der Waals surface area (Å²) < 4.78 is 0. The molecule has 1 aromatic rings. The van der Waals surface area contributed by atoms with Crippen LogP contribution in [0.1, 0.15) is 25.0 Å². The van der Waals surface area contributed by atoms with Crippen molar-refractivity contribution in [3.8, 4) is 0 Å². The van der Waals surface area contributed by atoms with Crippen molar-refractivity contribution in [2.45, 2.75) is 38.8 Å². The van der Waals surface area contributed by atoms with Gasteiger partial charge in [0, 0.05) is 11.7 Å². The van der Waals surface area contributed by atoms with Crippen molar-refractivity contribution < 1.29 is 5.11 Å². The number of hydrogen-bond acceptors (Lipinski definition) is 2. The lowest BCUT2D eigenvalue weighted by Gasteiger charge is -2.06. The second kappa shape index (κ2) is 3.62. The molecule has 0 aromatic heterocycles. The van der Waals surface area contributed by atoms with Crippen LogP contribution in [0, 0.1) is 0 Å². The molecule has 1 aromatic carbocycles. The van der Waals surface area contributed by atoms with E-state index < -0.39 is 0 Å². The average Bonchev–Trinajstić information content (AvgIpc) is 2.42. The van der Waals surface area contributed by atoms with E-state index >= 15 is 0 Å². The van der Waals surface area contributed by atoms with Gasteiger partial charge in [-0.1, -0.05) is 12.1 Å². The fourth-order valence-corrected chi connectivity index (χ4v) is 2.07. The number of nitrogens with one attached hydrogen (secondary N) is 1. The number of fused-ring (bicyclic) bond motifs is 1. The fraction of sp³-hybridized carbons (Fsp3) is 0.500. The van der Waals surface area contributed by atoms with Crippen molar-refractivity contribution in [3.05, 3.63) is 29.3 Å². The highest BCUT2D eigenvalue weighted by Crippen LogP contribution is 2.26. The summed E-state index contributed by atoms with van der Waals surface area (Å²) in [6.07, 6.45) is 1.60. The molecule has 2 unspecified atom stereocenters. The standard InChI is InChI=1S/C12H17NO/c1-8-5-11-7-10(6-9(2)14)3-4-12(11)13-8/h3-4,7-9,13-14H,5-6H2,1-2H3. The molecular weight excluding hydrogens is 174 g/mol. The van der Waals surface area contributed by atoms with Gasteiger partial charge in [-0.2, -0.15) is 0 Å². The maximum Gasteiger partial charge on any atom is 0.0552 e. The molecule has 76 valence electrons. The first-order chi connectivity index (χ1) is 6.65. The molecular formula is C12H17NO. The van der Waals surface area contributed by atoms with Crippen LogP contribution in [0.3, 0.4) is 0 Å². The van der Waals surface area contributed by atoms with Crippen molar-refractivity contribution in [3.63, 3.8) is 0 Å². The van der Waals surface area contributed by atoms with Gasteiger partial charge in [-0.05, 0) is 43.9 Å². The SMILES string of the molecule is CC(O)Cc1ccc2c(c1)CC(C)N2. The third kappa shape index (κ3) is 1.90. The van der Waals surface area contributed by atoms with Gasteiger partial charge in [-0.15, -0.1) is 0 Å². The molecule has 1 heterocycles. The Morgan fingerprint density at radius 2 is 2.36 bits per heavy atom. The van der Waals surface area contributed by atoms with Gasteiger partial charge in [0.25, 0.3) is 0 Å². The topological polar surface area (TPSA) is 32.3 Å². The first-order valence-electron chi connectivity index (χ1n) is 5.21. The van der Waals surface area contributed by atoms with Crippen LogP contribution in [0.15, 0.2) is 18.2 Å². The number of benzene rings is 1. The Morgan fingerprint density at radius 1 is 1.57 bits per heavy atom. The van der Waals surface area contributed by atoms with Crippen LogP contribution in [0.25, 0.3) is 0 Å². The molecule has 1 aliphatic heterocycles. The highest BCUT2D eigenvalue weighted by atomic mass is 16.3. The molecule has 0 saturated carbocycles. The van der Waals surface area contributed by atoms with Gasteiger partial charge in [0.05, 0.1) is 6.10 Å². The van der Waals surface area contributed by atoms with Gasteiger partial charge in [-0.25, -0.2) is 0 Å². The molecule has 2 atom stereocenters. The van der Waals surface area contributed by atoms with Gasteiger partial charge in [0.15, 0.2) is 0 Å². The third-order valence-corrected chi connectivity index (χ3v) is 2.63. The van der Waals surface area contributed by atoms with Crippen LogP contribution in [0.4, 0.5) is 5.69 Å². The lowest BCUT2D eigenvalue weighted by molar-refractivity contribution is 0.195. The van der Waals surface area contributed by atoms with E-state index in [1.165, 1.54) is 16.8 Å². The van der Waals surface area contributed by atoms with Gasteiger partial charge >= 0.3 is 0 Å². The monoisotopic (exact) mass is 191 g/mol. The maximum absolute atomic E-state index is 9.29. The molecule has 1 aliphatic rings. The molecule has 0 bridgehead atoms. The summed E-state index contributed by atoms with van der Waals surface area (Å²) in [6, 6.07) is 6.97. The molecule has 0 amide bonds. The average molecular weight is 191 g/mol. The maximum atomic E-state index is 9.29. The minimum Gasteiger partial charge on any atom is -0.393 e. The Balaban J connectivity index is 2.20. The highest BCUT2D eigenvalue weighted by Gasteiger charge is 2.16. The summed E-state index contributed by atoms with van der Waals surface area (Å²) in [5, 5.41) is 12.7. The van der Waals surface area contributed by atoms with Gasteiger partial charge in [0.2, 0.25) is 0 Å². The fourth-order valence-electron chi connectivity index (χ4n) is 2.07. The zero-order valence-corrected chi connectivity index (χ0v) is 8.75. The summed E-state index contributed by atoms with van der Waals surface area (Å²) in [7, 11) is 0.